The summed E-state index contributed by atoms with van der Waals surface area (Å²) in [6, 6.07) is 20.3. The van der Waals surface area contributed by atoms with Gasteiger partial charge in [-0.3, -0.25) is 0 Å². The second kappa shape index (κ2) is 8.13. The molecular formula is C22H18Cl2N2O. The topological polar surface area (TPSA) is 27.1 Å². The zero-order chi connectivity index (χ0) is 18.6. The van der Waals surface area contributed by atoms with Crippen LogP contribution in [0.2, 0.25) is 10.0 Å². The minimum atomic E-state index is -0.113. The van der Waals surface area contributed by atoms with Crippen molar-refractivity contribution >= 4 is 34.0 Å². The van der Waals surface area contributed by atoms with E-state index >= 15 is 0 Å². The van der Waals surface area contributed by atoms with E-state index in [1.807, 2.05) is 35.0 Å². The van der Waals surface area contributed by atoms with Gasteiger partial charge in [0.1, 0.15) is 6.10 Å². The van der Waals surface area contributed by atoms with Crippen LogP contribution in [0.4, 0.5) is 0 Å². The van der Waals surface area contributed by atoms with E-state index in [-0.39, 0.29) is 6.10 Å². The molecule has 1 atom stereocenters. The third kappa shape index (κ3) is 4.33. The summed E-state index contributed by atoms with van der Waals surface area (Å²) in [5.74, 6) is 0. The Bertz CT molecular complexity index is 1050. The molecule has 27 heavy (non-hydrogen) atoms. The Labute approximate surface area is 168 Å². The number of benzene rings is 3. The molecule has 136 valence electrons. The van der Waals surface area contributed by atoms with Crippen molar-refractivity contribution in [1.29, 1.82) is 0 Å². The van der Waals surface area contributed by atoms with Crippen LogP contribution in [-0.4, -0.2) is 9.55 Å². The van der Waals surface area contributed by atoms with Gasteiger partial charge in [0.2, 0.25) is 0 Å². The van der Waals surface area contributed by atoms with Gasteiger partial charge >= 0.3 is 0 Å². The van der Waals surface area contributed by atoms with Crippen molar-refractivity contribution in [3.8, 4) is 0 Å². The Kier molecular flexibility index (Phi) is 5.44. The molecule has 0 spiro atoms. The first-order valence-corrected chi connectivity index (χ1v) is 9.44. The highest BCUT2D eigenvalue weighted by molar-refractivity contribution is 6.42. The molecule has 0 N–H and O–H groups in total. The minimum Gasteiger partial charge on any atom is -0.367 e. The van der Waals surface area contributed by atoms with Crippen LogP contribution in [0.15, 0.2) is 79.4 Å². The molecule has 3 nitrogen and oxygen atoms in total. The fraction of sp³-hybridized carbons (Fsp3) is 0.136. The molecule has 0 fully saturated rings. The Morgan fingerprint density at radius 3 is 2.56 bits per heavy atom. The van der Waals surface area contributed by atoms with Crippen molar-refractivity contribution in [2.75, 3.05) is 0 Å². The minimum absolute atomic E-state index is 0.113. The molecule has 1 heterocycles. The van der Waals surface area contributed by atoms with Crippen molar-refractivity contribution < 1.29 is 4.74 Å². The molecule has 0 radical (unpaired) electrons. The summed E-state index contributed by atoms with van der Waals surface area (Å²) in [5.41, 5.74) is 2.11. The van der Waals surface area contributed by atoms with Crippen LogP contribution in [0.1, 0.15) is 17.2 Å². The van der Waals surface area contributed by atoms with Gasteiger partial charge in [0, 0.05) is 12.4 Å². The van der Waals surface area contributed by atoms with Gasteiger partial charge in [-0.2, -0.15) is 0 Å². The number of hydrogen-bond donors (Lipinski definition) is 0. The van der Waals surface area contributed by atoms with Gasteiger partial charge in [-0.25, -0.2) is 4.98 Å². The van der Waals surface area contributed by atoms with E-state index < -0.39 is 0 Å². The molecule has 5 heteroatoms. The number of rotatable bonds is 6. The zero-order valence-corrected chi connectivity index (χ0v) is 16.1. The number of nitrogens with zero attached hydrogens (tertiary/aromatic N) is 2. The van der Waals surface area contributed by atoms with E-state index in [2.05, 4.69) is 35.3 Å². The summed E-state index contributed by atoms with van der Waals surface area (Å²) in [5, 5.41) is 3.50. The SMILES string of the molecule is Clc1ccc(COC(Cn2ccnc2)c2ccc3ccccc3c2)cc1Cl. The van der Waals surface area contributed by atoms with Crippen LogP contribution >= 0.6 is 23.2 Å². The molecule has 1 aromatic heterocycles. The van der Waals surface area contributed by atoms with Crippen LogP contribution in [0, 0.1) is 0 Å². The van der Waals surface area contributed by atoms with E-state index in [4.69, 9.17) is 27.9 Å². The molecule has 0 aliphatic carbocycles. The smallest absolute Gasteiger partial charge is 0.101 e. The van der Waals surface area contributed by atoms with Gasteiger partial charge in [-0.15, -0.1) is 0 Å². The van der Waals surface area contributed by atoms with Gasteiger partial charge in [0.05, 0.1) is 29.5 Å². The maximum Gasteiger partial charge on any atom is 0.101 e. The average Bonchev–Trinajstić information content (AvgIpc) is 3.20. The highest BCUT2D eigenvalue weighted by atomic mass is 35.5. The summed E-state index contributed by atoms with van der Waals surface area (Å²) >= 11 is 12.1. The first-order valence-electron chi connectivity index (χ1n) is 8.69. The second-order valence-electron chi connectivity index (χ2n) is 6.41. The van der Waals surface area contributed by atoms with Gasteiger partial charge in [-0.1, -0.05) is 65.7 Å². The third-order valence-corrected chi connectivity index (χ3v) is 5.26. The lowest BCUT2D eigenvalue weighted by atomic mass is 10.0. The molecular weight excluding hydrogens is 379 g/mol. The first-order chi connectivity index (χ1) is 13.2. The lowest BCUT2D eigenvalue weighted by molar-refractivity contribution is 0.0280. The van der Waals surface area contributed by atoms with Crippen molar-refractivity contribution in [1.82, 2.24) is 9.55 Å². The predicted molar refractivity (Wildman–Crippen MR) is 110 cm³/mol. The summed E-state index contributed by atoms with van der Waals surface area (Å²) in [6.45, 7) is 1.13. The maximum atomic E-state index is 6.28. The van der Waals surface area contributed by atoms with E-state index in [1.54, 1.807) is 18.6 Å². The number of fused-ring (bicyclic) bond motifs is 1. The Morgan fingerprint density at radius 2 is 1.78 bits per heavy atom. The Hall–Kier alpha value is -2.33. The second-order valence-corrected chi connectivity index (χ2v) is 7.23. The number of ether oxygens (including phenoxy) is 1. The molecule has 0 aliphatic heterocycles. The van der Waals surface area contributed by atoms with E-state index in [1.165, 1.54) is 10.8 Å². The lowest BCUT2D eigenvalue weighted by Gasteiger charge is -2.20. The van der Waals surface area contributed by atoms with Gasteiger partial charge < -0.3 is 9.30 Å². The van der Waals surface area contributed by atoms with Crippen molar-refractivity contribution in [3.05, 3.63) is 101 Å². The van der Waals surface area contributed by atoms with Crippen LogP contribution in [0.3, 0.4) is 0 Å². The number of imidazole rings is 1. The summed E-state index contributed by atoms with van der Waals surface area (Å²) < 4.78 is 8.30. The molecule has 3 aromatic carbocycles. The van der Waals surface area contributed by atoms with Gasteiger partial charge in [0.15, 0.2) is 0 Å². The molecule has 0 amide bonds. The summed E-state index contributed by atoms with van der Waals surface area (Å²) in [4.78, 5) is 4.13. The summed E-state index contributed by atoms with van der Waals surface area (Å²) in [6.07, 6.45) is 5.40. The van der Waals surface area contributed by atoms with Crippen LogP contribution in [-0.2, 0) is 17.9 Å². The standard InChI is InChI=1S/C22H18Cl2N2O/c23-20-8-5-16(11-21(20)24)14-27-22(13-26-10-9-25-15-26)19-7-6-17-3-1-2-4-18(17)12-19/h1-12,15,22H,13-14H2. The molecule has 0 saturated carbocycles. The van der Waals surface area contributed by atoms with Crippen molar-refractivity contribution in [3.63, 3.8) is 0 Å². The number of hydrogen-bond acceptors (Lipinski definition) is 2. The molecule has 4 rings (SSSR count). The average molecular weight is 397 g/mol. The van der Waals surface area contributed by atoms with E-state index in [0.29, 0.717) is 23.2 Å². The largest absolute Gasteiger partial charge is 0.367 e. The molecule has 0 saturated heterocycles. The monoisotopic (exact) mass is 396 g/mol. The Morgan fingerprint density at radius 1 is 0.926 bits per heavy atom. The maximum absolute atomic E-state index is 6.28. The highest BCUT2D eigenvalue weighted by Gasteiger charge is 2.14. The molecule has 4 aromatic rings. The van der Waals surface area contributed by atoms with Crippen LogP contribution < -0.4 is 0 Å². The van der Waals surface area contributed by atoms with Crippen molar-refractivity contribution in [2.24, 2.45) is 0 Å². The van der Waals surface area contributed by atoms with E-state index in [0.717, 1.165) is 11.1 Å². The normalized spacial score (nSPS) is 12.4. The van der Waals surface area contributed by atoms with E-state index in [9.17, 15) is 0 Å². The summed E-state index contributed by atoms with van der Waals surface area (Å²) in [7, 11) is 0. The fourth-order valence-corrected chi connectivity index (χ4v) is 3.40. The highest BCUT2D eigenvalue weighted by Crippen LogP contribution is 2.27. The van der Waals surface area contributed by atoms with Gasteiger partial charge in [-0.05, 0) is 40.1 Å². The zero-order valence-electron chi connectivity index (χ0n) is 14.6. The Balaban J connectivity index is 1.60. The fourth-order valence-electron chi connectivity index (χ4n) is 3.07. The molecule has 1 unspecified atom stereocenters. The molecule has 0 bridgehead atoms. The number of halogens is 2. The van der Waals surface area contributed by atoms with Crippen molar-refractivity contribution in [2.45, 2.75) is 19.3 Å². The first kappa shape index (κ1) is 18.1. The quantitative estimate of drug-likeness (QED) is 0.382. The third-order valence-electron chi connectivity index (χ3n) is 4.52. The van der Waals surface area contributed by atoms with Gasteiger partial charge in [0.25, 0.3) is 0 Å². The predicted octanol–water partition coefficient (Wildman–Crippen LogP) is 6.30. The lowest BCUT2D eigenvalue weighted by Crippen LogP contribution is -2.12. The van der Waals surface area contributed by atoms with Crippen LogP contribution in [0.5, 0.6) is 0 Å². The molecule has 0 aliphatic rings. The van der Waals surface area contributed by atoms with Crippen LogP contribution in [0.25, 0.3) is 10.8 Å². The number of aromatic nitrogens is 2.